The second-order valence-corrected chi connectivity index (χ2v) is 9.91. The zero-order valence-corrected chi connectivity index (χ0v) is 16.7. The van der Waals surface area contributed by atoms with E-state index in [4.69, 9.17) is 4.74 Å². The van der Waals surface area contributed by atoms with Gasteiger partial charge in [0, 0.05) is 12.6 Å². The molecule has 1 N–H and O–H groups in total. The molecule has 1 amide bonds. The van der Waals surface area contributed by atoms with E-state index in [1.807, 2.05) is 0 Å². The highest BCUT2D eigenvalue weighted by atomic mass is 32.1. The maximum Gasteiger partial charge on any atom is 0.263 e. The summed E-state index contributed by atoms with van der Waals surface area (Å²) in [6.45, 7) is 5.45. The molecular weight excluding hydrogens is 356 g/mol. The number of rotatable bonds is 3. The van der Waals surface area contributed by atoms with E-state index in [9.17, 15) is 4.79 Å². The van der Waals surface area contributed by atoms with Gasteiger partial charge in [0.05, 0.1) is 17.8 Å². The molecule has 2 aromatic rings. The van der Waals surface area contributed by atoms with Crippen LogP contribution in [0.4, 0.5) is 0 Å². The van der Waals surface area contributed by atoms with E-state index in [1.54, 1.807) is 11.7 Å². The molecular formula is C22H26N2O2S. The molecule has 1 saturated heterocycles. The summed E-state index contributed by atoms with van der Waals surface area (Å²) in [4.78, 5) is 17.6. The third-order valence-electron chi connectivity index (χ3n) is 7.56. The van der Waals surface area contributed by atoms with Crippen molar-refractivity contribution in [1.82, 2.24) is 10.3 Å². The summed E-state index contributed by atoms with van der Waals surface area (Å²) in [6.07, 6.45) is 5.24. The molecule has 5 rings (SSSR count). The Hall–Kier alpha value is -1.72. The van der Waals surface area contributed by atoms with E-state index in [-0.39, 0.29) is 28.9 Å². The zero-order chi connectivity index (χ0) is 18.6. The standard InChI is InChI=1S/C22H26N2O2S/c1-21(2)15-10-16-18(14-6-4-3-5-7-14)26-9-8-22(16,11-15)20(21)24-19(25)17-12-23-13-27-17/h3-7,12-13,15-16,18,20H,8-11H2,1-2H3,(H,24,25)/t15-,16-,18-,20+,22?/m1/s1. The lowest BCUT2D eigenvalue weighted by molar-refractivity contribution is -0.120. The Morgan fingerprint density at radius 2 is 2.11 bits per heavy atom. The van der Waals surface area contributed by atoms with Gasteiger partial charge < -0.3 is 10.1 Å². The normalized spacial score (nSPS) is 36.4. The van der Waals surface area contributed by atoms with Crippen LogP contribution in [-0.2, 0) is 4.74 Å². The Labute approximate surface area is 164 Å². The van der Waals surface area contributed by atoms with E-state index in [0.29, 0.717) is 16.7 Å². The Bertz CT molecular complexity index is 835. The summed E-state index contributed by atoms with van der Waals surface area (Å²) < 4.78 is 6.30. The molecule has 142 valence electrons. The Morgan fingerprint density at radius 3 is 2.85 bits per heavy atom. The van der Waals surface area contributed by atoms with Crippen LogP contribution in [0.3, 0.4) is 0 Å². The summed E-state index contributed by atoms with van der Waals surface area (Å²) in [5.41, 5.74) is 3.24. The molecule has 27 heavy (non-hydrogen) atoms. The van der Waals surface area contributed by atoms with Gasteiger partial charge in [0.15, 0.2) is 0 Å². The van der Waals surface area contributed by atoms with E-state index >= 15 is 0 Å². The summed E-state index contributed by atoms with van der Waals surface area (Å²) in [5, 5.41) is 3.44. The number of carbonyl (C=O) groups is 1. The Morgan fingerprint density at radius 1 is 1.30 bits per heavy atom. The smallest absolute Gasteiger partial charge is 0.263 e. The van der Waals surface area contributed by atoms with Gasteiger partial charge in [-0.3, -0.25) is 9.78 Å². The lowest BCUT2D eigenvalue weighted by atomic mass is 9.59. The molecule has 3 aliphatic rings. The molecule has 1 unspecified atom stereocenters. The number of amides is 1. The van der Waals surface area contributed by atoms with Crippen LogP contribution in [0.25, 0.3) is 0 Å². The zero-order valence-electron chi connectivity index (χ0n) is 15.9. The van der Waals surface area contributed by atoms with Crippen molar-refractivity contribution < 1.29 is 9.53 Å². The molecule has 2 heterocycles. The number of aromatic nitrogens is 1. The topological polar surface area (TPSA) is 51.2 Å². The fourth-order valence-electron chi connectivity index (χ4n) is 6.29. The molecule has 0 radical (unpaired) electrons. The Kier molecular flexibility index (Phi) is 3.96. The van der Waals surface area contributed by atoms with Crippen molar-refractivity contribution in [2.24, 2.45) is 22.7 Å². The number of nitrogens with zero attached hydrogens (tertiary/aromatic N) is 1. The highest BCUT2D eigenvalue weighted by Gasteiger charge is 2.68. The van der Waals surface area contributed by atoms with Crippen molar-refractivity contribution in [3.8, 4) is 0 Å². The van der Waals surface area contributed by atoms with E-state index in [2.05, 4.69) is 54.5 Å². The molecule has 2 bridgehead atoms. The first-order valence-corrected chi connectivity index (χ1v) is 10.8. The fourth-order valence-corrected chi connectivity index (χ4v) is 6.81. The molecule has 1 aromatic heterocycles. The van der Waals surface area contributed by atoms with Gasteiger partial charge in [-0.1, -0.05) is 44.2 Å². The van der Waals surface area contributed by atoms with E-state index in [0.717, 1.165) is 13.0 Å². The second-order valence-electron chi connectivity index (χ2n) is 9.02. The van der Waals surface area contributed by atoms with Crippen molar-refractivity contribution in [3.63, 3.8) is 0 Å². The van der Waals surface area contributed by atoms with Crippen molar-refractivity contribution in [1.29, 1.82) is 0 Å². The minimum absolute atomic E-state index is 0.0269. The van der Waals surface area contributed by atoms with Crippen molar-refractivity contribution in [2.75, 3.05) is 6.61 Å². The molecule has 3 fully saturated rings. The fraction of sp³-hybridized carbons (Fsp3) is 0.545. The van der Waals surface area contributed by atoms with Crippen LogP contribution >= 0.6 is 11.3 Å². The summed E-state index contributed by atoms with van der Waals surface area (Å²) in [5.74, 6) is 1.12. The molecule has 5 atom stereocenters. The van der Waals surface area contributed by atoms with Crippen molar-refractivity contribution in [2.45, 2.75) is 45.3 Å². The van der Waals surface area contributed by atoms with Crippen molar-refractivity contribution in [3.05, 3.63) is 52.5 Å². The van der Waals surface area contributed by atoms with Gasteiger partial charge in [0.1, 0.15) is 4.88 Å². The van der Waals surface area contributed by atoms with Gasteiger partial charge in [-0.15, -0.1) is 11.3 Å². The van der Waals surface area contributed by atoms with Crippen LogP contribution in [0, 0.1) is 22.7 Å². The number of thiazole rings is 1. The van der Waals surface area contributed by atoms with Crippen LogP contribution in [-0.4, -0.2) is 23.5 Å². The second kappa shape index (κ2) is 6.14. The van der Waals surface area contributed by atoms with Gasteiger partial charge in [-0.2, -0.15) is 0 Å². The predicted octanol–water partition coefficient (Wildman–Crippen LogP) is 4.46. The summed E-state index contributed by atoms with van der Waals surface area (Å²) >= 11 is 1.41. The number of ether oxygens (including phenoxy) is 1. The van der Waals surface area contributed by atoms with Crippen molar-refractivity contribution >= 4 is 17.2 Å². The monoisotopic (exact) mass is 382 g/mol. The maximum atomic E-state index is 12.9. The summed E-state index contributed by atoms with van der Waals surface area (Å²) in [6, 6.07) is 10.8. The van der Waals surface area contributed by atoms with Gasteiger partial charge in [0.25, 0.3) is 5.91 Å². The van der Waals surface area contributed by atoms with Crippen LogP contribution in [0.5, 0.6) is 0 Å². The molecule has 5 heteroatoms. The molecule has 2 saturated carbocycles. The van der Waals surface area contributed by atoms with Gasteiger partial charge in [0.2, 0.25) is 0 Å². The molecule has 1 aromatic carbocycles. The van der Waals surface area contributed by atoms with E-state index in [1.165, 1.54) is 29.7 Å². The van der Waals surface area contributed by atoms with Crippen LogP contribution in [0.15, 0.2) is 42.0 Å². The number of hydrogen-bond acceptors (Lipinski definition) is 4. The number of benzene rings is 1. The predicted molar refractivity (Wildman–Crippen MR) is 106 cm³/mol. The lowest BCUT2D eigenvalue weighted by Crippen LogP contribution is -2.58. The third-order valence-corrected chi connectivity index (χ3v) is 8.34. The van der Waals surface area contributed by atoms with E-state index < -0.39 is 0 Å². The van der Waals surface area contributed by atoms with Gasteiger partial charge >= 0.3 is 0 Å². The third kappa shape index (κ3) is 2.51. The molecule has 4 nitrogen and oxygen atoms in total. The maximum absolute atomic E-state index is 12.9. The van der Waals surface area contributed by atoms with Gasteiger partial charge in [-0.05, 0) is 47.5 Å². The quantitative estimate of drug-likeness (QED) is 0.853. The largest absolute Gasteiger partial charge is 0.373 e. The SMILES string of the molecule is CC1(C)[C@@H]2C[C@@H]3[C@@H](c4ccccc4)OCCC3(C2)[C@H]1NC(=O)c1cncs1. The number of nitrogens with one attached hydrogen (secondary N) is 1. The average molecular weight is 383 g/mol. The Balaban J connectivity index is 1.49. The highest BCUT2D eigenvalue weighted by Crippen LogP contribution is 2.70. The number of hydrogen-bond donors (Lipinski definition) is 1. The van der Waals surface area contributed by atoms with Crippen LogP contribution in [0.2, 0.25) is 0 Å². The first-order valence-electron chi connectivity index (χ1n) is 9.88. The van der Waals surface area contributed by atoms with Gasteiger partial charge in [-0.25, -0.2) is 0 Å². The highest BCUT2D eigenvalue weighted by molar-refractivity contribution is 7.11. The lowest BCUT2D eigenvalue weighted by Gasteiger charge is -2.53. The number of carbonyl (C=O) groups excluding carboxylic acids is 1. The minimum atomic E-state index is 0.0269. The summed E-state index contributed by atoms with van der Waals surface area (Å²) in [7, 11) is 0. The average Bonchev–Trinajstić information content (AvgIpc) is 3.37. The minimum Gasteiger partial charge on any atom is -0.373 e. The molecule has 1 aliphatic heterocycles. The first kappa shape index (κ1) is 17.4. The first-order chi connectivity index (χ1) is 13.0. The molecule has 1 spiro atoms. The van der Waals surface area contributed by atoms with Crippen LogP contribution < -0.4 is 5.32 Å². The van der Waals surface area contributed by atoms with Crippen LogP contribution in [0.1, 0.15) is 54.4 Å². The number of fused-ring (bicyclic) bond motifs is 1. The molecule has 2 aliphatic carbocycles.